The molecule has 2 heterocycles. The largest absolute Gasteiger partial charge is 0.383 e. The van der Waals surface area contributed by atoms with Gasteiger partial charge in [-0.1, -0.05) is 30.3 Å². The van der Waals surface area contributed by atoms with Gasteiger partial charge in [0.15, 0.2) is 0 Å². The zero-order chi connectivity index (χ0) is 23.8. The normalized spacial score (nSPS) is 22.4. The maximum atomic E-state index is 14.7. The van der Waals surface area contributed by atoms with Gasteiger partial charge in [0.1, 0.15) is 5.82 Å². The van der Waals surface area contributed by atoms with Crippen LogP contribution in [0.4, 0.5) is 4.39 Å². The summed E-state index contributed by atoms with van der Waals surface area (Å²) in [6, 6.07) is 11.5. The van der Waals surface area contributed by atoms with E-state index >= 15 is 0 Å². The Bertz CT molecular complexity index is 1200. The first-order valence-electron chi connectivity index (χ1n) is 12.4. The standard InChI is InChI=1S/C28H34FN3O2/c1-18-5-3-7-22-24(17-31(27(18)22)11-12-34-2)28(33)32-10-4-6-20-14-21(15-26(20)32)23-13-19(16-30)8-9-25(23)29/h3,5,7-9,13,17,20-21,26H,4,6,10-12,14-16,30H2,1-2H3. The van der Waals surface area contributed by atoms with Gasteiger partial charge in [-0.15, -0.1) is 0 Å². The van der Waals surface area contributed by atoms with Gasteiger partial charge >= 0.3 is 0 Å². The number of ether oxygens (including phenoxy) is 1. The first-order valence-corrected chi connectivity index (χ1v) is 12.4. The summed E-state index contributed by atoms with van der Waals surface area (Å²) in [5, 5.41) is 1.000. The van der Waals surface area contributed by atoms with E-state index in [9.17, 15) is 9.18 Å². The number of carbonyl (C=O) groups is 1. The molecule has 6 heteroatoms. The van der Waals surface area contributed by atoms with E-state index in [1.165, 1.54) is 0 Å². The number of rotatable bonds is 6. The molecule has 1 saturated carbocycles. The molecule has 1 aromatic heterocycles. The first kappa shape index (κ1) is 23.1. The van der Waals surface area contributed by atoms with Gasteiger partial charge < -0.3 is 19.9 Å². The van der Waals surface area contributed by atoms with Crippen molar-refractivity contribution >= 4 is 16.8 Å². The lowest BCUT2D eigenvalue weighted by atomic mass is 9.90. The minimum absolute atomic E-state index is 0.0956. The predicted octanol–water partition coefficient (Wildman–Crippen LogP) is 4.99. The van der Waals surface area contributed by atoms with Crippen LogP contribution in [0.2, 0.25) is 0 Å². The highest BCUT2D eigenvalue weighted by molar-refractivity contribution is 6.07. The summed E-state index contributed by atoms with van der Waals surface area (Å²) in [4.78, 5) is 16.0. The molecule has 2 aliphatic rings. The second-order valence-electron chi connectivity index (χ2n) is 9.90. The first-order chi connectivity index (χ1) is 16.5. The van der Waals surface area contributed by atoms with Gasteiger partial charge in [0.05, 0.1) is 17.7 Å². The Morgan fingerprint density at radius 1 is 1.24 bits per heavy atom. The van der Waals surface area contributed by atoms with Crippen LogP contribution in [0.25, 0.3) is 10.9 Å². The Morgan fingerprint density at radius 2 is 2.09 bits per heavy atom. The third-order valence-corrected chi connectivity index (χ3v) is 7.90. The quantitative estimate of drug-likeness (QED) is 0.560. The molecule has 1 saturated heterocycles. The maximum absolute atomic E-state index is 14.7. The van der Waals surface area contributed by atoms with Crippen molar-refractivity contribution in [3.8, 4) is 0 Å². The van der Waals surface area contributed by atoms with E-state index in [0.29, 0.717) is 25.6 Å². The number of aromatic nitrogens is 1. The highest BCUT2D eigenvalue weighted by Gasteiger charge is 2.43. The highest BCUT2D eigenvalue weighted by atomic mass is 19.1. The Balaban J connectivity index is 1.45. The van der Waals surface area contributed by atoms with Gasteiger partial charge in [0.2, 0.25) is 0 Å². The fourth-order valence-corrected chi connectivity index (χ4v) is 6.26. The van der Waals surface area contributed by atoms with Crippen molar-refractivity contribution < 1.29 is 13.9 Å². The van der Waals surface area contributed by atoms with Gasteiger partial charge in [0.25, 0.3) is 5.91 Å². The molecule has 1 amide bonds. The van der Waals surface area contributed by atoms with Crippen molar-refractivity contribution in [3.63, 3.8) is 0 Å². The Kier molecular flexibility index (Phi) is 6.45. The monoisotopic (exact) mass is 463 g/mol. The third kappa shape index (κ3) is 4.03. The fourth-order valence-electron chi connectivity index (χ4n) is 6.26. The lowest BCUT2D eigenvalue weighted by Gasteiger charge is -2.37. The maximum Gasteiger partial charge on any atom is 0.256 e. The van der Waals surface area contributed by atoms with Crippen molar-refractivity contribution in [3.05, 3.63) is 70.7 Å². The zero-order valence-corrected chi connectivity index (χ0v) is 20.1. The summed E-state index contributed by atoms with van der Waals surface area (Å²) >= 11 is 0. The minimum Gasteiger partial charge on any atom is -0.383 e. The second-order valence-corrected chi connectivity index (χ2v) is 9.90. The zero-order valence-electron chi connectivity index (χ0n) is 20.1. The van der Waals surface area contributed by atoms with Crippen LogP contribution >= 0.6 is 0 Å². The number of amides is 1. The number of nitrogens with two attached hydrogens (primary N) is 1. The second kappa shape index (κ2) is 9.51. The molecule has 1 aliphatic heterocycles. The SMILES string of the molecule is COCCn1cc(C(=O)N2CCCC3CC(c4cc(CN)ccc4F)CC32)c2cccc(C)c21. The molecule has 5 rings (SSSR count). The summed E-state index contributed by atoms with van der Waals surface area (Å²) < 4.78 is 22.2. The van der Waals surface area contributed by atoms with Crippen molar-refractivity contribution in [1.82, 2.24) is 9.47 Å². The van der Waals surface area contributed by atoms with Crippen molar-refractivity contribution in [2.24, 2.45) is 11.7 Å². The molecule has 3 unspecified atom stereocenters. The number of nitrogens with zero attached hydrogens (tertiary/aromatic N) is 2. The number of fused-ring (bicyclic) bond motifs is 2. The highest BCUT2D eigenvalue weighted by Crippen LogP contribution is 2.46. The molecular formula is C28H34FN3O2. The van der Waals surface area contributed by atoms with Gasteiger partial charge in [-0.3, -0.25) is 4.79 Å². The number of piperidine rings is 1. The molecule has 0 bridgehead atoms. The molecule has 1 aliphatic carbocycles. The average Bonchev–Trinajstić information content (AvgIpc) is 3.45. The number of hydrogen-bond acceptors (Lipinski definition) is 3. The van der Waals surface area contributed by atoms with E-state index in [-0.39, 0.29) is 23.7 Å². The van der Waals surface area contributed by atoms with Crippen molar-refractivity contribution in [2.45, 2.75) is 57.7 Å². The number of aryl methyl sites for hydroxylation is 1. The topological polar surface area (TPSA) is 60.5 Å². The smallest absolute Gasteiger partial charge is 0.256 e. The van der Waals surface area contributed by atoms with Gasteiger partial charge in [-0.25, -0.2) is 4.39 Å². The summed E-state index contributed by atoms with van der Waals surface area (Å²) in [6.07, 6.45) is 5.82. The predicted molar refractivity (Wildman–Crippen MR) is 132 cm³/mol. The van der Waals surface area contributed by atoms with Crippen LogP contribution in [-0.2, 0) is 17.8 Å². The number of carbonyl (C=O) groups excluding carboxylic acids is 1. The molecule has 5 nitrogen and oxygen atoms in total. The number of para-hydroxylation sites is 1. The number of halogens is 1. The average molecular weight is 464 g/mol. The molecule has 0 radical (unpaired) electrons. The number of likely N-dealkylation sites (tertiary alicyclic amines) is 1. The van der Waals surface area contributed by atoms with E-state index in [4.69, 9.17) is 10.5 Å². The van der Waals surface area contributed by atoms with E-state index in [1.807, 2.05) is 24.4 Å². The summed E-state index contributed by atoms with van der Waals surface area (Å²) in [5.41, 5.74) is 10.5. The van der Waals surface area contributed by atoms with Gasteiger partial charge in [0, 0.05) is 44.4 Å². The van der Waals surface area contributed by atoms with Crippen molar-refractivity contribution in [1.29, 1.82) is 0 Å². The molecule has 0 spiro atoms. The third-order valence-electron chi connectivity index (χ3n) is 7.90. The van der Waals surface area contributed by atoms with Crippen LogP contribution in [0.1, 0.15) is 58.6 Å². The Labute approximate surface area is 200 Å². The molecule has 2 N–H and O–H groups in total. The molecule has 2 fully saturated rings. The summed E-state index contributed by atoms with van der Waals surface area (Å²) in [7, 11) is 1.70. The van der Waals surface area contributed by atoms with E-state index in [0.717, 1.165) is 65.4 Å². The molecule has 34 heavy (non-hydrogen) atoms. The van der Waals surface area contributed by atoms with Gasteiger partial charge in [-0.2, -0.15) is 0 Å². The van der Waals surface area contributed by atoms with Crippen LogP contribution in [-0.4, -0.2) is 41.7 Å². The van der Waals surface area contributed by atoms with Crippen molar-refractivity contribution in [2.75, 3.05) is 20.3 Å². The summed E-state index contributed by atoms with van der Waals surface area (Å²) in [6.45, 7) is 4.55. The lowest BCUT2D eigenvalue weighted by Crippen LogP contribution is -2.46. The number of methoxy groups -OCH3 is 1. The fraction of sp³-hybridized carbons (Fsp3) is 0.464. The van der Waals surface area contributed by atoms with E-state index in [1.54, 1.807) is 19.2 Å². The molecule has 3 aromatic rings. The summed E-state index contributed by atoms with van der Waals surface area (Å²) in [5.74, 6) is 0.473. The minimum atomic E-state index is -0.157. The van der Waals surface area contributed by atoms with E-state index in [2.05, 4.69) is 22.5 Å². The van der Waals surface area contributed by atoms with Crippen LogP contribution in [0.15, 0.2) is 42.6 Å². The van der Waals surface area contributed by atoms with Gasteiger partial charge in [-0.05, 0) is 67.2 Å². The lowest BCUT2D eigenvalue weighted by molar-refractivity contribution is 0.0549. The van der Waals surface area contributed by atoms with Crippen LogP contribution in [0.5, 0.6) is 0 Å². The van der Waals surface area contributed by atoms with Crippen LogP contribution in [0.3, 0.4) is 0 Å². The Hall–Kier alpha value is -2.70. The molecule has 180 valence electrons. The molecular weight excluding hydrogens is 429 g/mol. The van der Waals surface area contributed by atoms with Crippen LogP contribution < -0.4 is 5.73 Å². The molecule has 3 atom stereocenters. The van der Waals surface area contributed by atoms with Crippen LogP contribution in [0, 0.1) is 18.7 Å². The Morgan fingerprint density at radius 3 is 2.88 bits per heavy atom. The molecule has 2 aromatic carbocycles. The number of hydrogen-bond donors (Lipinski definition) is 1. The number of benzene rings is 2. The van der Waals surface area contributed by atoms with E-state index < -0.39 is 0 Å².